The predicted octanol–water partition coefficient (Wildman–Crippen LogP) is 3.55. The van der Waals surface area contributed by atoms with E-state index in [1.54, 1.807) is 6.07 Å². The molecule has 0 aliphatic rings. The highest BCUT2D eigenvalue weighted by Gasteiger charge is 2.46. The Hall–Kier alpha value is -2.88. The molecule has 0 unspecified atom stereocenters. The van der Waals surface area contributed by atoms with Crippen LogP contribution in [0.4, 0.5) is 23.2 Å². The van der Waals surface area contributed by atoms with E-state index in [9.17, 15) is 26.0 Å². The molecule has 1 aromatic heterocycles. The molecule has 3 rings (SSSR count). The number of nitrogens with two attached hydrogens (primary N) is 1. The molecule has 0 saturated heterocycles. The zero-order valence-electron chi connectivity index (χ0n) is 12.9. The number of benzene rings is 2. The molecule has 0 aliphatic heterocycles. The number of sulfone groups is 1. The smallest absolute Gasteiger partial charge is 0.396 e. The van der Waals surface area contributed by atoms with Crippen LogP contribution in [-0.4, -0.2) is 23.5 Å². The summed E-state index contributed by atoms with van der Waals surface area (Å²) in [5.74, 6) is -0.598. The molecule has 0 fully saturated rings. The first-order chi connectivity index (χ1) is 12.1. The van der Waals surface area contributed by atoms with Crippen molar-refractivity contribution in [1.29, 1.82) is 0 Å². The van der Waals surface area contributed by atoms with Crippen LogP contribution in [0.15, 0.2) is 59.9 Å². The first kappa shape index (κ1) is 17.9. The van der Waals surface area contributed by atoms with Crippen molar-refractivity contribution in [3.8, 4) is 16.9 Å². The first-order valence-corrected chi connectivity index (χ1v) is 8.59. The minimum absolute atomic E-state index is 0.00496. The lowest BCUT2D eigenvalue weighted by atomic mass is 10.1. The Balaban J connectivity index is 1.92. The lowest BCUT2D eigenvalue weighted by Gasteiger charge is -2.09. The highest BCUT2D eigenvalue weighted by atomic mass is 32.2. The number of hydrogen-bond acceptors (Lipinski definition) is 4. The summed E-state index contributed by atoms with van der Waals surface area (Å²) in [7, 11) is -5.40. The van der Waals surface area contributed by atoms with Crippen molar-refractivity contribution in [2.24, 2.45) is 0 Å². The van der Waals surface area contributed by atoms with E-state index in [0.29, 0.717) is 16.9 Å². The molecule has 10 heteroatoms. The molecule has 1 heterocycles. The zero-order valence-corrected chi connectivity index (χ0v) is 13.7. The number of hydrogen-bond donors (Lipinski definition) is 1. The maximum absolute atomic E-state index is 13.5. The molecule has 2 aromatic carbocycles. The molecule has 0 radical (unpaired) electrons. The molecular formula is C16H11F4N3O2S. The number of nitrogen functional groups attached to an aromatic ring is 1. The van der Waals surface area contributed by atoms with E-state index in [4.69, 9.17) is 5.73 Å². The summed E-state index contributed by atoms with van der Waals surface area (Å²) in [6.07, 6.45) is 2.90. The van der Waals surface area contributed by atoms with E-state index in [2.05, 4.69) is 4.98 Å². The van der Waals surface area contributed by atoms with E-state index in [0.717, 1.165) is 12.1 Å². The van der Waals surface area contributed by atoms with Crippen molar-refractivity contribution in [2.45, 2.75) is 10.4 Å². The average Bonchev–Trinajstić information content (AvgIpc) is 3.06. The molecule has 3 aromatic rings. The number of alkyl halides is 3. The second-order valence-corrected chi connectivity index (χ2v) is 7.29. The van der Waals surface area contributed by atoms with Gasteiger partial charge in [0.2, 0.25) is 0 Å². The van der Waals surface area contributed by atoms with Crippen LogP contribution in [-0.2, 0) is 9.84 Å². The van der Waals surface area contributed by atoms with Crippen LogP contribution in [0.1, 0.15) is 0 Å². The molecule has 0 aliphatic carbocycles. The van der Waals surface area contributed by atoms with E-state index in [1.165, 1.54) is 41.4 Å². The van der Waals surface area contributed by atoms with Gasteiger partial charge in [0, 0.05) is 17.4 Å². The molecule has 136 valence electrons. The van der Waals surface area contributed by atoms with Crippen molar-refractivity contribution >= 4 is 15.5 Å². The average molecular weight is 385 g/mol. The molecule has 2 N–H and O–H groups in total. The summed E-state index contributed by atoms with van der Waals surface area (Å²) in [6, 6.07) is 8.33. The summed E-state index contributed by atoms with van der Waals surface area (Å²) < 4.78 is 75.4. The Labute approximate surface area is 145 Å². The lowest BCUT2D eigenvalue weighted by Crippen LogP contribution is -2.23. The van der Waals surface area contributed by atoms with Gasteiger partial charge in [-0.25, -0.2) is 17.8 Å². The number of aromatic nitrogens is 2. The van der Waals surface area contributed by atoms with Gasteiger partial charge in [-0.1, -0.05) is 6.07 Å². The quantitative estimate of drug-likeness (QED) is 0.552. The maximum atomic E-state index is 13.5. The van der Waals surface area contributed by atoms with Crippen LogP contribution in [0.5, 0.6) is 0 Å². The highest BCUT2D eigenvalue weighted by molar-refractivity contribution is 7.92. The van der Waals surface area contributed by atoms with Gasteiger partial charge in [0.05, 0.1) is 22.6 Å². The topological polar surface area (TPSA) is 78.0 Å². The standard InChI is InChI=1S/C16H11F4N3O2S/c17-13-7-10(1-6-14(13)21)15-8-23(9-22-15)11-2-4-12(5-3-11)26(24,25)16(18,19)20/h1-9H,21H2. The minimum atomic E-state index is -5.40. The third kappa shape index (κ3) is 3.15. The van der Waals surface area contributed by atoms with Gasteiger partial charge in [0.15, 0.2) is 0 Å². The predicted molar refractivity (Wildman–Crippen MR) is 86.6 cm³/mol. The van der Waals surface area contributed by atoms with Crippen LogP contribution in [0.25, 0.3) is 16.9 Å². The Bertz CT molecular complexity index is 1060. The van der Waals surface area contributed by atoms with Gasteiger partial charge < -0.3 is 10.3 Å². The highest BCUT2D eigenvalue weighted by Crippen LogP contribution is 2.30. The van der Waals surface area contributed by atoms with Gasteiger partial charge in [-0.3, -0.25) is 0 Å². The van der Waals surface area contributed by atoms with Crippen molar-refractivity contribution in [2.75, 3.05) is 5.73 Å². The largest absolute Gasteiger partial charge is 0.501 e. The molecule has 0 saturated carbocycles. The van der Waals surface area contributed by atoms with Gasteiger partial charge in [0.25, 0.3) is 9.84 Å². The summed E-state index contributed by atoms with van der Waals surface area (Å²) in [5.41, 5.74) is 1.31. The Morgan fingerprint density at radius 1 is 1.04 bits per heavy atom. The van der Waals surface area contributed by atoms with Gasteiger partial charge in [-0.05, 0) is 36.4 Å². The number of halogens is 4. The molecule has 0 amide bonds. The first-order valence-electron chi connectivity index (χ1n) is 7.11. The fourth-order valence-corrected chi connectivity index (χ4v) is 2.99. The Morgan fingerprint density at radius 3 is 2.27 bits per heavy atom. The molecule has 5 nitrogen and oxygen atoms in total. The van der Waals surface area contributed by atoms with Crippen molar-refractivity contribution in [3.05, 3.63) is 60.8 Å². The van der Waals surface area contributed by atoms with Gasteiger partial charge >= 0.3 is 5.51 Å². The van der Waals surface area contributed by atoms with Crippen molar-refractivity contribution in [3.63, 3.8) is 0 Å². The van der Waals surface area contributed by atoms with Crippen LogP contribution < -0.4 is 5.73 Å². The number of nitrogens with zero attached hydrogens (tertiary/aromatic N) is 2. The van der Waals surface area contributed by atoms with Gasteiger partial charge in [-0.2, -0.15) is 13.2 Å². The third-order valence-electron chi connectivity index (χ3n) is 3.63. The third-order valence-corrected chi connectivity index (χ3v) is 5.13. The van der Waals surface area contributed by atoms with Crippen LogP contribution in [0.2, 0.25) is 0 Å². The Morgan fingerprint density at radius 2 is 1.69 bits per heavy atom. The van der Waals surface area contributed by atoms with Gasteiger partial charge in [-0.15, -0.1) is 0 Å². The van der Waals surface area contributed by atoms with Crippen LogP contribution in [0.3, 0.4) is 0 Å². The lowest BCUT2D eigenvalue weighted by molar-refractivity contribution is -0.0436. The SMILES string of the molecule is Nc1ccc(-c2cn(-c3ccc(S(=O)(=O)C(F)(F)F)cc3)cn2)cc1F. The molecule has 0 bridgehead atoms. The monoisotopic (exact) mass is 385 g/mol. The number of rotatable bonds is 3. The van der Waals surface area contributed by atoms with E-state index >= 15 is 0 Å². The second-order valence-electron chi connectivity index (χ2n) is 5.35. The van der Waals surface area contributed by atoms with Gasteiger partial charge in [0.1, 0.15) is 5.82 Å². The fourth-order valence-electron chi connectivity index (χ4n) is 2.23. The van der Waals surface area contributed by atoms with E-state index < -0.39 is 26.1 Å². The minimum Gasteiger partial charge on any atom is -0.396 e. The fraction of sp³-hybridized carbons (Fsp3) is 0.0625. The zero-order chi connectivity index (χ0) is 19.1. The Kier molecular flexibility index (Phi) is 4.23. The molecule has 0 atom stereocenters. The van der Waals surface area contributed by atoms with Crippen LogP contribution >= 0.6 is 0 Å². The maximum Gasteiger partial charge on any atom is 0.501 e. The molecule has 0 spiro atoms. The van der Waals surface area contributed by atoms with Crippen LogP contribution in [0, 0.1) is 5.82 Å². The summed E-state index contributed by atoms with van der Waals surface area (Å²) in [6.45, 7) is 0. The van der Waals surface area contributed by atoms with Crippen molar-refractivity contribution in [1.82, 2.24) is 9.55 Å². The summed E-state index contributed by atoms with van der Waals surface area (Å²) in [4.78, 5) is 3.25. The number of anilines is 1. The van der Waals surface area contributed by atoms with Crippen molar-refractivity contribution < 1.29 is 26.0 Å². The summed E-state index contributed by atoms with van der Waals surface area (Å²) >= 11 is 0. The van der Waals surface area contributed by atoms with E-state index in [-0.39, 0.29) is 5.69 Å². The van der Waals surface area contributed by atoms with E-state index in [1.807, 2.05) is 0 Å². The normalized spacial score (nSPS) is 12.3. The molecule has 26 heavy (non-hydrogen) atoms. The molecular weight excluding hydrogens is 374 g/mol. The second kappa shape index (κ2) is 6.13. The summed E-state index contributed by atoms with van der Waals surface area (Å²) in [5, 5.41) is 0. The number of imidazole rings is 1.